The van der Waals surface area contributed by atoms with Crippen LogP contribution in [0.5, 0.6) is 0 Å². The number of nitrogens with zero attached hydrogens (tertiary/aromatic N) is 4. The van der Waals surface area contributed by atoms with Crippen LogP contribution in [0.1, 0.15) is 4.88 Å². The first-order chi connectivity index (χ1) is 7.43. The number of aromatic nitrogens is 4. The van der Waals surface area contributed by atoms with Gasteiger partial charge in [0, 0.05) is 11.1 Å². The molecule has 4 nitrogen and oxygen atoms in total. The van der Waals surface area contributed by atoms with Gasteiger partial charge < -0.3 is 0 Å². The fraction of sp³-hybridized carbons (Fsp3) is 0.100. The van der Waals surface area contributed by atoms with Gasteiger partial charge in [-0.1, -0.05) is 11.3 Å². The molecule has 0 aromatic carbocycles. The minimum Gasteiger partial charge on any atom is -0.262 e. The molecule has 0 atom stereocenters. The number of hydrogen-bond acceptors (Lipinski definition) is 4. The van der Waals surface area contributed by atoms with Crippen molar-refractivity contribution in [2.45, 2.75) is 6.54 Å². The second kappa shape index (κ2) is 3.43. The highest BCUT2D eigenvalue weighted by Gasteiger charge is 2.04. The zero-order chi connectivity index (χ0) is 10.1. The molecule has 15 heavy (non-hydrogen) atoms. The maximum atomic E-state index is 4.10. The standard InChI is InChI=1S/C10H8N4S/c1-2-8(15-5-1)7-14-10-3-4-11-6-9(10)12-13-14/h1-6H,7H2. The van der Waals surface area contributed by atoms with Crippen molar-refractivity contribution in [2.24, 2.45) is 0 Å². The molecule has 0 spiro atoms. The lowest BCUT2D eigenvalue weighted by Gasteiger charge is -1.98. The smallest absolute Gasteiger partial charge is 0.131 e. The van der Waals surface area contributed by atoms with Gasteiger partial charge in [0.1, 0.15) is 5.52 Å². The maximum Gasteiger partial charge on any atom is 0.131 e. The van der Waals surface area contributed by atoms with Gasteiger partial charge in [-0.15, -0.1) is 16.4 Å². The third-order valence-corrected chi connectivity index (χ3v) is 3.06. The summed E-state index contributed by atoms with van der Waals surface area (Å²) in [4.78, 5) is 5.29. The summed E-state index contributed by atoms with van der Waals surface area (Å²) in [5, 5.41) is 10.2. The predicted octanol–water partition coefficient (Wildman–Crippen LogP) is 1.94. The van der Waals surface area contributed by atoms with Gasteiger partial charge in [0.15, 0.2) is 0 Å². The van der Waals surface area contributed by atoms with Crippen molar-refractivity contribution < 1.29 is 0 Å². The van der Waals surface area contributed by atoms with Crippen molar-refractivity contribution in [3.05, 3.63) is 40.8 Å². The Labute approximate surface area is 90.2 Å². The predicted molar refractivity (Wildman–Crippen MR) is 58.7 cm³/mol. The van der Waals surface area contributed by atoms with Crippen molar-refractivity contribution in [1.29, 1.82) is 0 Å². The second-order valence-corrected chi connectivity index (χ2v) is 4.22. The molecule has 0 aliphatic heterocycles. The first kappa shape index (κ1) is 8.55. The highest BCUT2D eigenvalue weighted by Crippen LogP contribution is 2.14. The Balaban J connectivity index is 2.05. The van der Waals surface area contributed by atoms with E-state index in [4.69, 9.17) is 0 Å². The van der Waals surface area contributed by atoms with Crippen LogP contribution in [0.2, 0.25) is 0 Å². The second-order valence-electron chi connectivity index (χ2n) is 3.19. The van der Waals surface area contributed by atoms with Gasteiger partial charge >= 0.3 is 0 Å². The average molecular weight is 216 g/mol. The van der Waals surface area contributed by atoms with E-state index < -0.39 is 0 Å². The Bertz CT molecular complexity index is 570. The lowest BCUT2D eigenvalue weighted by Crippen LogP contribution is -1.99. The summed E-state index contributed by atoms with van der Waals surface area (Å²) < 4.78 is 1.89. The lowest BCUT2D eigenvalue weighted by atomic mass is 10.4. The van der Waals surface area contributed by atoms with Crippen LogP contribution in [0.15, 0.2) is 36.0 Å². The molecule has 0 aliphatic rings. The van der Waals surface area contributed by atoms with Gasteiger partial charge in [-0.25, -0.2) is 4.68 Å². The molecule has 3 rings (SSSR count). The molecular weight excluding hydrogens is 208 g/mol. The van der Waals surface area contributed by atoms with Crippen LogP contribution in [0.4, 0.5) is 0 Å². The van der Waals surface area contributed by atoms with Crippen LogP contribution < -0.4 is 0 Å². The van der Waals surface area contributed by atoms with Crippen molar-refractivity contribution in [3.63, 3.8) is 0 Å². The molecular formula is C10H8N4S. The van der Waals surface area contributed by atoms with Crippen LogP contribution in [0.3, 0.4) is 0 Å². The van der Waals surface area contributed by atoms with E-state index >= 15 is 0 Å². The van der Waals surface area contributed by atoms with Crippen LogP contribution in [0, 0.1) is 0 Å². The van der Waals surface area contributed by atoms with E-state index in [-0.39, 0.29) is 0 Å². The van der Waals surface area contributed by atoms with Crippen LogP contribution in [0.25, 0.3) is 11.0 Å². The Hall–Kier alpha value is -1.75. The largest absolute Gasteiger partial charge is 0.262 e. The summed E-state index contributed by atoms with van der Waals surface area (Å²) in [5.74, 6) is 0. The van der Waals surface area contributed by atoms with Gasteiger partial charge in [0.05, 0.1) is 18.3 Å². The molecule has 0 saturated heterocycles. The molecule has 3 heterocycles. The van der Waals surface area contributed by atoms with E-state index in [9.17, 15) is 0 Å². The van der Waals surface area contributed by atoms with Crippen molar-refractivity contribution in [2.75, 3.05) is 0 Å². The van der Waals surface area contributed by atoms with Crippen molar-refractivity contribution in [1.82, 2.24) is 20.0 Å². The number of rotatable bonds is 2. The molecule has 0 unspecified atom stereocenters. The molecule has 0 amide bonds. The normalized spacial score (nSPS) is 10.9. The van der Waals surface area contributed by atoms with Gasteiger partial charge in [0.2, 0.25) is 0 Å². The molecule has 0 saturated carbocycles. The Morgan fingerprint density at radius 3 is 3.20 bits per heavy atom. The van der Waals surface area contributed by atoms with E-state index in [1.54, 1.807) is 23.7 Å². The Kier molecular flexibility index (Phi) is 1.96. The quantitative estimate of drug-likeness (QED) is 0.657. The summed E-state index contributed by atoms with van der Waals surface area (Å²) in [5.41, 5.74) is 1.87. The van der Waals surface area contributed by atoms with Gasteiger partial charge in [0.25, 0.3) is 0 Å². The molecule has 5 heteroatoms. The summed E-state index contributed by atoms with van der Waals surface area (Å²) in [7, 11) is 0. The SMILES string of the molecule is c1csc(Cn2nnc3cnccc32)c1. The van der Waals surface area contributed by atoms with Gasteiger partial charge in [-0.3, -0.25) is 4.98 Å². The fourth-order valence-electron chi connectivity index (χ4n) is 1.49. The molecule has 0 bridgehead atoms. The zero-order valence-corrected chi connectivity index (χ0v) is 8.68. The molecule has 0 fully saturated rings. The highest BCUT2D eigenvalue weighted by molar-refractivity contribution is 7.09. The number of hydrogen-bond donors (Lipinski definition) is 0. The summed E-state index contributed by atoms with van der Waals surface area (Å²) >= 11 is 1.73. The van der Waals surface area contributed by atoms with Crippen LogP contribution >= 0.6 is 11.3 Å². The minimum absolute atomic E-state index is 0.776. The first-order valence-electron chi connectivity index (χ1n) is 4.59. The number of thiophene rings is 1. The summed E-state index contributed by atoms with van der Waals surface area (Å²) in [6.07, 6.45) is 3.49. The molecule has 0 N–H and O–H groups in total. The topological polar surface area (TPSA) is 43.6 Å². The van der Waals surface area contributed by atoms with Crippen LogP contribution in [-0.4, -0.2) is 20.0 Å². The third kappa shape index (κ3) is 1.50. The Morgan fingerprint density at radius 2 is 2.33 bits per heavy atom. The monoisotopic (exact) mass is 216 g/mol. The first-order valence-corrected chi connectivity index (χ1v) is 5.47. The molecule has 3 aromatic heterocycles. The summed E-state index contributed by atoms with van der Waals surface area (Å²) in [6, 6.07) is 6.07. The zero-order valence-electron chi connectivity index (χ0n) is 7.87. The maximum absolute atomic E-state index is 4.10. The Morgan fingerprint density at radius 1 is 1.33 bits per heavy atom. The van der Waals surface area contributed by atoms with Crippen molar-refractivity contribution >= 4 is 22.4 Å². The average Bonchev–Trinajstić information content (AvgIpc) is 2.89. The molecule has 0 radical (unpaired) electrons. The van der Waals surface area contributed by atoms with Gasteiger partial charge in [-0.05, 0) is 17.5 Å². The van der Waals surface area contributed by atoms with E-state index in [0.717, 1.165) is 17.6 Å². The van der Waals surface area contributed by atoms with E-state index in [2.05, 4.69) is 26.7 Å². The van der Waals surface area contributed by atoms with Gasteiger partial charge in [-0.2, -0.15) is 0 Å². The van der Waals surface area contributed by atoms with Crippen molar-refractivity contribution in [3.8, 4) is 0 Å². The number of fused-ring (bicyclic) bond motifs is 1. The molecule has 74 valence electrons. The molecule has 3 aromatic rings. The van der Waals surface area contributed by atoms with Crippen LogP contribution in [-0.2, 0) is 6.54 Å². The molecule has 0 aliphatic carbocycles. The van der Waals surface area contributed by atoms with E-state index in [1.165, 1.54) is 4.88 Å². The highest BCUT2D eigenvalue weighted by atomic mass is 32.1. The third-order valence-electron chi connectivity index (χ3n) is 2.20. The minimum atomic E-state index is 0.776. The van der Waals surface area contributed by atoms with E-state index in [0.29, 0.717) is 0 Å². The summed E-state index contributed by atoms with van der Waals surface area (Å²) in [6.45, 7) is 0.776. The fourth-order valence-corrected chi connectivity index (χ4v) is 2.18. The number of pyridine rings is 1. The van der Waals surface area contributed by atoms with E-state index in [1.807, 2.05) is 16.8 Å². The lowest BCUT2D eigenvalue weighted by molar-refractivity contribution is 0.676.